The van der Waals surface area contributed by atoms with Crippen molar-refractivity contribution >= 4 is 15.9 Å². The summed E-state index contributed by atoms with van der Waals surface area (Å²) in [6.45, 7) is 3.40. The standard InChI is InChI=1S/C15H17BrN2O2/c1-2-7-18-14(12(16)8-17-18)15(19)11-9-20-13-6-4-3-5-10(11)13/h3-6,8,11,15,19H,2,7,9H2,1H3. The van der Waals surface area contributed by atoms with E-state index in [2.05, 4.69) is 28.0 Å². The van der Waals surface area contributed by atoms with Crippen LogP contribution in [0.25, 0.3) is 0 Å². The van der Waals surface area contributed by atoms with Crippen molar-refractivity contribution in [2.24, 2.45) is 0 Å². The summed E-state index contributed by atoms with van der Waals surface area (Å²) in [5.74, 6) is 0.823. The fourth-order valence-corrected chi connectivity index (χ4v) is 3.23. The minimum atomic E-state index is -0.623. The van der Waals surface area contributed by atoms with E-state index in [1.54, 1.807) is 6.20 Å². The van der Waals surface area contributed by atoms with Gasteiger partial charge in [0.15, 0.2) is 0 Å². The van der Waals surface area contributed by atoms with Crippen molar-refractivity contribution in [1.82, 2.24) is 9.78 Å². The van der Waals surface area contributed by atoms with Gasteiger partial charge in [0.25, 0.3) is 0 Å². The van der Waals surface area contributed by atoms with E-state index in [1.807, 2.05) is 28.9 Å². The van der Waals surface area contributed by atoms with Gasteiger partial charge in [-0.25, -0.2) is 0 Å². The molecule has 2 heterocycles. The van der Waals surface area contributed by atoms with Gasteiger partial charge in [-0.1, -0.05) is 25.1 Å². The second-order valence-corrected chi connectivity index (χ2v) is 5.86. The van der Waals surface area contributed by atoms with Crippen molar-refractivity contribution in [1.29, 1.82) is 0 Å². The molecule has 1 aliphatic rings. The molecule has 0 radical (unpaired) electrons. The van der Waals surface area contributed by atoms with Gasteiger partial charge in [0, 0.05) is 12.1 Å². The zero-order valence-electron chi connectivity index (χ0n) is 11.3. The molecule has 2 atom stereocenters. The highest BCUT2D eigenvalue weighted by molar-refractivity contribution is 9.10. The summed E-state index contributed by atoms with van der Waals surface area (Å²) in [4.78, 5) is 0. The van der Waals surface area contributed by atoms with Gasteiger partial charge in [0.05, 0.1) is 28.9 Å². The van der Waals surface area contributed by atoms with Gasteiger partial charge in [-0.3, -0.25) is 4.68 Å². The first-order valence-corrected chi connectivity index (χ1v) is 7.62. The van der Waals surface area contributed by atoms with Gasteiger partial charge in [-0.2, -0.15) is 5.10 Å². The van der Waals surface area contributed by atoms with Crippen molar-refractivity contribution < 1.29 is 9.84 Å². The number of fused-ring (bicyclic) bond motifs is 1. The molecule has 1 aromatic heterocycles. The van der Waals surface area contributed by atoms with Crippen molar-refractivity contribution in [2.45, 2.75) is 31.9 Å². The van der Waals surface area contributed by atoms with Gasteiger partial charge >= 0.3 is 0 Å². The first kappa shape index (κ1) is 13.6. The zero-order chi connectivity index (χ0) is 14.1. The van der Waals surface area contributed by atoms with Crippen LogP contribution in [0.15, 0.2) is 34.9 Å². The van der Waals surface area contributed by atoms with Crippen molar-refractivity contribution in [3.05, 3.63) is 46.2 Å². The summed E-state index contributed by atoms with van der Waals surface area (Å²) in [6, 6.07) is 7.89. The van der Waals surface area contributed by atoms with Crippen LogP contribution in [-0.2, 0) is 6.54 Å². The lowest BCUT2D eigenvalue weighted by atomic mass is 9.93. The molecule has 3 rings (SSSR count). The normalized spacial score (nSPS) is 18.6. The number of para-hydroxylation sites is 1. The maximum absolute atomic E-state index is 10.8. The second-order valence-electron chi connectivity index (χ2n) is 5.00. The minimum Gasteiger partial charge on any atom is -0.493 e. The second kappa shape index (κ2) is 5.58. The van der Waals surface area contributed by atoms with E-state index in [0.29, 0.717) is 6.61 Å². The molecule has 2 aromatic rings. The van der Waals surface area contributed by atoms with Crippen molar-refractivity contribution in [2.75, 3.05) is 6.61 Å². The SMILES string of the molecule is CCCn1ncc(Br)c1C(O)C1COc2ccccc21. The summed E-state index contributed by atoms with van der Waals surface area (Å²) in [6.07, 6.45) is 2.10. The molecule has 0 amide bonds. The first-order valence-electron chi connectivity index (χ1n) is 6.83. The van der Waals surface area contributed by atoms with E-state index in [9.17, 15) is 5.11 Å². The minimum absolute atomic E-state index is 0.0465. The smallest absolute Gasteiger partial charge is 0.123 e. The van der Waals surface area contributed by atoms with Gasteiger partial charge in [-0.05, 0) is 28.4 Å². The fraction of sp³-hybridized carbons (Fsp3) is 0.400. The highest BCUT2D eigenvalue weighted by Crippen LogP contribution is 2.42. The van der Waals surface area contributed by atoms with E-state index in [-0.39, 0.29) is 5.92 Å². The Bertz CT molecular complexity index is 612. The molecule has 1 aromatic carbocycles. The number of hydrogen-bond acceptors (Lipinski definition) is 3. The molecule has 0 bridgehead atoms. The van der Waals surface area contributed by atoms with Crippen LogP contribution >= 0.6 is 15.9 Å². The molecule has 20 heavy (non-hydrogen) atoms. The molecule has 4 nitrogen and oxygen atoms in total. The molecule has 2 unspecified atom stereocenters. The predicted molar refractivity (Wildman–Crippen MR) is 79.9 cm³/mol. The molecule has 106 valence electrons. The summed E-state index contributed by atoms with van der Waals surface area (Å²) >= 11 is 3.49. The Kier molecular flexibility index (Phi) is 3.81. The Balaban J connectivity index is 1.94. The molecule has 0 saturated carbocycles. The third kappa shape index (κ3) is 2.25. The van der Waals surface area contributed by atoms with Crippen LogP contribution in [0, 0.1) is 0 Å². The van der Waals surface area contributed by atoms with Crippen molar-refractivity contribution in [3.8, 4) is 5.75 Å². The number of aryl methyl sites for hydroxylation is 1. The van der Waals surface area contributed by atoms with Gasteiger partial charge < -0.3 is 9.84 Å². The summed E-state index contributed by atoms with van der Waals surface area (Å²) < 4.78 is 8.39. The summed E-state index contributed by atoms with van der Waals surface area (Å²) in [7, 11) is 0. The molecule has 0 saturated heterocycles. The van der Waals surface area contributed by atoms with E-state index in [4.69, 9.17) is 4.74 Å². The van der Waals surface area contributed by atoms with E-state index < -0.39 is 6.10 Å². The van der Waals surface area contributed by atoms with Crippen LogP contribution in [0.3, 0.4) is 0 Å². The monoisotopic (exact) mass is 336 g/mol. The van der Waals surface area contributed by atoms with Gasteiger partial charge in [0.2, 0.25) is 0 Å². The maximum atomic E-state index is 10.8. The number of aliphatic hydroxyl groups is 1. The number of nitrogens with zero attached hydrogens (tertiary/aromatic N) is 2. The molecule has 0 aliphatic carbocycles. The quantitative estimate of drug-likeness (QED) is 0.932. The molecule has 0 spiro atoms. The maximum Gasteiger partial charge on any atom is 0.123 e. The molecular weight excluding hydrogens is 320 g/mol. The van der Waals surface area contributed by atoms with E-state index in [0.717, 1.165) is 34.4 Å². The molecular formula is C15H17BrN2O2. The van der Waals surface area contributed by atoms with Gasteiger partial charge in [-0.15, -0.1) is 0 Å². The number of aliphatic hydroxyl groups excluding tert-OH is 1. The van der Waals surface area contributed by atoms with Crippen LogP contribution in [0.1, 0.15) is 36.6 Å². The molecule has 1 N–H and O–H groups in total. The van der Waals surface area contributed by atoms with Crippen LogP contribution in [0.5, 0.6) is 5.75 Å². The highest BCUT2D eigenvalue weighted by Gasteiger charge is 2.33. The number of rotatable bonds is 4. The molecule has 1 aliphatic heterocycles. The van der Waals surface area contributed by atoms with Crippen LogP contribution in [0.4, 0.5) is 0 Å². The highest BCUT2D eigenvalue weighted by atomic mass is 79.9. The lowest BCUT2D eigenvalue weighted by Gasteiger charge is -2.19. The Morgan fingerprint density at radius 3 is 3.10 bits per heavy atom. The third-order valence-corrected chi connectivity index (χ3v) is 4.28. The summed E-state index contributed by atoms with van der Waals surface area (Å²) in [5, 5.41) is 15.1. The number of benzene rings is 1. The molecule has 5 heteroatoms. The Morgan fingerprint density at radius 2 is 2.30 bits per heavy atom. The van der Waals surface area contributed by atoms with Crippen LogP contribution < -0.4 is 4.74 Å². The number of aromatic nitrogens is 2. The van der Waals surface area contributed by atoms with E-state index >= 15 is 0 Å². The predicted octanol–water partition coefficient (Wildman–Crippen LogP) is 3.27. The average molecular weight is 337 g/mol. The molecule has 0 fully saturated rings. The van der Waals surface area contributed by atoms with Crippen molar-refractivity contribution in [3.63, 3.8) is 0 Å². The van der Waals surface area contributed by atoms with Crippen LogP contribution in [0.2, 0.25) is 0 Å². The topological polar surface area (TPSA) is 47.3 Å². The lowest BCUT2D eigenvalue weighted by Crippen LogP contribution is -2.17. The number of halogens is 1. The Morgan fingerprint density at radius 1 is 1.50 bits per heavy atom. The number of ether oxygens (including phenoxy) is 1. The number of hydrogen-bond donors (Lipinski definition) is 1. The Labute approximate surface area is 126 Å². The van der Waals surface area contributed by atoms with E-state index in [1.165, 1.54) is 0 Å². The van der Waals surface area contributed by atoms with Crippen LogP contribution in [-0.4, -0.2) is 21.5 Å². The summed E-state index contributed by atoms with van der Waals surface area (Å²) in [5.41, 5.74) is 1.90. The lowest BCUT2D eigenvalue weighted by molar-refractivity contribution is 0.120. The first-order chi connectivity index (χ1) is 9.72. The Hall–Kier alpha value is -1.33. The zero-order valence-corrected chi connectivity index (χ0v) is 12.9. The third-order valence-electron chi connectivity index (χ3n) is 3.67. The largest absolute Gasteiger partial charge is 0.493 e. The van der Waals surface area contributed by atoms with Gasteiger partial charge in [0.1, 0.15) is 11.9 Å². The fourth-order valence-electron chi connectivity index (χ4n) is 2.70. The average Bonchev–Trinajstić information content (AvgIpc) is 3.03.